The summed E-state index contributed by atoms with van der Waals surface area (Å²) in [5.74, 6) is -2.39. The molecule has 0 aliphatic carbocycles. The van der Waals surface area contributed by atoms with Gasteiger partial charge in [-0.3, -0.25) is 19.4 Å². The number of rotatable bonds is 8. The summed E-state index contributed by atoms with van der Waals surface area (Å²) in [5, 5.41) is 14.4. The van der Waals surface area contributed by atoms with E-state index in [9.17, 15) is 22.8 Å². The first-order valence-electron chi connectivity index (χ1n) is 8.99. The topological polar surface area (TPSA) is 155 Å². The number of carbonyl (C=O) groups excluding carboxylic acids is 2. The van der Waals surface area contributed by atoms with Crippen LogP contribution in [0.15, 0.2) is 65.7 Å². The minimum atomic E-state index is -4.05. The maximum absolute atomic E-state index is 12.3. The molecule has 0 spiro atoms. The van der Waals surface area contributed by atoms with Gasteiger partial charge in [-0.15, -0.1) is 0 Å². The standard InChI is InChI=1S/C20H18N4O6S/c25-18(11-22-20(28)14-8-13-4-1-2-7-17(13)21-10-14)24-15-5-3-6-16(9-15)31(29,30)23-12-19(26)27/h1-10,23H,11-12H2,(H,22,28)(H,24,25)(H,26,27). The van der Waals surface area contributed by atoms with Crippen LogP contribution in [0.2, 0.25) is 0 Å². The lowest BCUT2D eigenvalue weighted by molar-refractivity contribution is -0.135. The minimum Gasteiger partial charge on any atom is -0.480 e. The van der Waals surface area contributed by atoms with Crippen molar-refractivity contribution < 1.29 is 27.9 Å². The summed E-state index contributed by atoms with van der Waals surface area (Å²) in [6.07, 6.45) is 1.41. The molecule has 0 saturated heterocycles. The molecule has 1 aromatic heterocycles. The minimum absolute atomic E-state index is 0.171. The third-order valence-electron chi connectivity index (χ3n) is 4.10. The van der Waals surface area contributed by atoms with E-state index < -0.39 is 34.4 Å². The lowest BCUT2D eigenvalue weighted by atomic mass is 10.1. The third-order valence-corrected chi connectivity index (χ3v) is 5.50. The number of nitrogens with one attached hydrogen (secondary N) is 3. The molecule has 0 fully saturated rings. The molecule has 10 nitrogen and oxygen atoms in total. The van der Waals surface area contributed by atoms with E-state index in [1.807, 2.05) is 29.0 Å². The molecule has 0 unspecified atom stereocenters. The zero-order valence-electron chi connectivity index (χ0n) is 16.0. The molecule has 0 bridgehead atoms. The number of hydrogen-bond acceptors (Lipinski definition) is 6. The molecular weight excluding hydrogens is 424 g/mol. The average Bonchev–Trinajstić information content (AvgIpc) is 2.76. The van der Waals surface area contributed by atoms with Crippen molar-refractivity contribution in [1.82, 2.24) is 15.0 Å². The van der Waals surface area contributed by atoms with Gasteiger partial charge in [-0.25, -0.2) is 8.42 Å². The number of amides is 2. The number of fused-ring (bicyclic) bond motifs is 1. The van der Waals surface area contributed by atoms with Gasteiger partial charge < -0.3 is 15.7 Å². The second-order valence-electron chi connectivity index (χ2n) is 6.39. The Balaban J connectivity index is 1.60. The lowest BCUT2D eigenvalue weighted by Crippen LogP contribution is -2.33. The van der Waals surface area contributed by atoms with Crippen LogP contribution in [-0.4, -0.2) is 49.4 Å². The molecule has 160 valence electrons. The Labute approximate surface area is 177 Å². The van der Waals surface area contributed by atoms with Gasteiger partial charge in [0.15, 0.2) is 0 Å². The number of aromatic nitrogens is 1. The molecule has 0 saturated carbocycles. The van der Waals surface area contributed by atoms with Gasteiger partial charge in [-0.2, -0.15) is 4.72 Å². The fourth-order valence-electron chi connectivity index (χ4n) is 2.64. The van der Waals surface area contributed by atoms with E-state index in [1.54, 1.807) is 6.07 Å². The molecule has 0 atom stereocenters. The number of carboxylic acids is 1. The zero-order valence-corrected chi connectivity index (χ0v) is 16.8. The summed E-state index contributed by atoms with van der Waals surface area (Å²) < 4.78 is 26.1. The van der Waals surface area contributed by atoms with Crippen LogP contribution in [0.4, 0.5) is 5.69 Å². The van der Waals surface area contributed by atoms with Crippen molar-refractivity contribution in [3.63, 3.8) is 0 Å². The van der Waals surface area contributed by atoms with Gasteiger partial charge in [-0.1, -0.05) is 24.3 Å². The first-order valence-corrected chi connectivity index (χ1v) is 10.5. The first-order chi connectivity index (χ1) is 14.7. The molecular formula is C20H18N4O6S. The second kappa shape index (κ2) is 9.32. The highest BCUT2D eigenvalue weighted by Crippen LogP contribution is 2.15. The predicted molar refractivity (Wildman–Crippen MR) is 112 cm³/mol. The first kappa shape index (κ1) is 21.9. The molecule has 31 heavy (non-hydrogen) atoms. The molecule has 2 aromatic carbocycles. The Hall–Kier alpha value is -3.83. The van der Waals surface area contributed by atoms with E-state index >= 15 is 0 Å². The van der Waals surface area contributed by atoms with Crippen LogP contribution in [0, 0.1) is 0 Å². The predicted octanol–water partition coefficient (Wildman–Crippen LogP) is 0.966. The van der Waals surface area contributed by atoms with Crippen LogP contribution in [0.5, 0.6) is 0 Å². The van der Waals surface area contributed by atoms with E-state index in [2.05, 4.69) is 15.6 Å². The van der Waals surface area contributed by atoms with Crippen LogP contribution in [-0.2, 0) is 19.6 Å². The molecule has 0 radical (unpaired) electrons. The quantitative estimate of drug-likeness (QED) is 0.405. The molecule has 11 heteroatoms. The monoisotopic (exact) mass is 442 g/mol. The lowest BCUT2D eigenvalue weighted by Gasteiger charge is -2.09. The fourth-order valence-corrected chi connectivity index (χ4v) is 3.66. The van der Waals surface area contributed by atoms with Crippen LogP contribution >= 0.6 is 0 Å². The average molecular weight is 442 g/mol. The van der Waals surface area contributed by atoms with Crippen molar-refractivity contribution in [2.24, 2.45) is 0 Å². The Morgan fingerprint density at radius 3 is 2.52 bits per heavy atom. The van der Waals surface area contributed by atoms with Crippen LogP contribution in [0.3, 0.4) is 0 Å². The van der Waals surface area contributed by atoms with Gasteiger partial charge in [0.2, 0.25) is 15.9 Å². The van der Waals surface area contributed by atoms with Crippen LogP contribution in [0.1, 0.15) is 10.4 Å². The maximum Gasteiger partial charge on any atom is 0.318 e. The van der Waals surface area contributed by atoms with Gasteiger partial charge in [0, 0.05) is 17.3 Å². The van der Waals surface area contributed by atoms with E-state index in [4.69, 9.17) is 5.11 Å². The smallest absolute Gasteiger partial charge is 0.318 e. The van der Waals surface area contributed by atoms with E-state index in [0.29, 0.717) is 5.56 Å². The number of benzene rings is 2. The third kappa shape index (κ3) is 5.84. The molecule has 2 amide bonds. The van der Waals surface area contributed by atoms with Crippen molar-refractivity contribution >= 4 is 44.4 Å². The van der Waals surface area contributed by atoms with E-state index in [-0.39, 0.29) is 17.1 Å². The summed E-state index contributed by atoms with van der Waals surface area (Å²) >= 11 is 0. The summed E-state index contributed by atoms with van der Waals surface area (Å²) in [6.45, 7) is -1.12. The molecule has 1 heterocycles. The summed E-state index contributed by atoms with van der Waals surface area (Å²) in [4.78, 5) is 39.0. The normalized spacial score (nSPS) is 11.1. The van der Waals surface area contributed by atoms with Gasteiger partial charge in [0.1, 0.15) is 6.54 Å². The Morgan fingerprint density at radius 2 is 1.74 bits per heavy atom. The molecule has 0 aliphatic heterocycles. The number of sulfonamides is 1. The van der Waals surface area contributed by atoms with Gasteiger partial charge in [0.05, 0.1) is 22.5 Å². The molecule has 0 aliphatic rings. The van der Waals surface area contributed by atoms with Crippen molar-refractivity contribution in [1.29, 1.82) is 0 Å². The van der Waals surface area contributed by atoms with E-state index in [1.165, 1.54) is 30.5 Å². The number of aliphatic carboxylic acids is 1. The highest BCUT2D eigenvalue weighted by molar-refractivity contribution is 7.89. The maximum atomic E-state index is 12.3. The van der Waals surface area contributed by atoms with Gasteiger partial charge in [-0.05, 0) is 30.3 Å². The van der Waals surface area contributed by atoms with Gasteiger partial charge >= 0.3 is 5.97 Å². The fraction of sp³-hybridized carbons (Fsp3) is 0.100. The van der Waals surface area contributed by atoms with Crippen molar-refractivity contribution in [2.45, 2.75) is 4.90 Å². The SMILES string of the molecule is O=C(O)CNS(=O)(=O)c1cccc(NC(=O)CNC(=O)c2cnc3ccccc3c2)c1. The van der Waals surface area contributed by atoms with Crippen LogP contribution in [0.25, 0.3) is 10.9 Å². The highest BCUT2D eigenvalue weighted by Gasteiger charge is 2.16. The Bertz CT molecular complexity index is 1260. The number of carbonyl (C=O) groups is 3. The second-order valence-corrected chi connectivity index (χ2v) is 8.16. The number of carboxylic acid groups (broad SMARTS) is 1. The van der Waals surface area contributed by atoms with Crippen molar-refractivity contribution in [2.75, 3.05) is 18.4 Å². The van der Waals surface area contributed by atoms with E-state index in [0.717, 1.165) is 10.9 Å². The largest absolute Gasteiger partial charge is 0.480 e. The van der Waals surface area contributed by atoms with Gasteiger partial charge in [0.25, 0.3) is 5.91 Å². The van der Waals surface area contributed by atoms with Crippen molar-refractivity contribution in [3.05, 3.63) is 66.4 Å². The Morgan fingerprint density at radius 1 is 0.968 bits per heavy atom. The Kier molecular flexibility index (Phi) is 6.58. The van der Waals surface area contributed by atoms with Crippen LogP contribution < -0.4 is 15.4 Å². The number of hydrogen-bond donors (Lipinski definition) is 4. The molecule has 4 N–H and O–H groups in total. The number of anilines is 1. The number of pyridine rings is 1. The zero-order chi connectivity index (χ0) is 22.4. The highest BCUT2D eigenvalue weighted by atomic mass is 32.2. The summed E-state index contributed by atoms with van der Waals surface area (Å²) in [7, 11) is -4.05. The summed E-state index contributed by atoms with van der Waals surface area (Å²) in [6, 6.07) is 14.2. The molecule has 3 aromatic rings. The number of nitrogens with zero attached hydrogens (tertiary/aromatic N) is 1. The molecule has 3 rings (SSSR count). The summed E-state index contributed by atoms with van der Waals surface area (Å²) in [5.41, 5.74) is 1.21. The van der Waals surface area contributed by atoms with Crippen molar-refractivity contribution in [3.8, 4) is 0 Å². The number of para-hydroxylation sites is 1.